The molecule has 1 atom stereocenters. The second kappa shape index (κ2) is 9.88. The molecule has 5 rings (SSSR count). The third-order valence-electron chi connectivity index (χ3n) is 7.55. The van der Waals surface area contributed by atoms with Gasteiger partial charge in [-0.15, -0.1) is 0 Å². The van der Waals surface area contributed by atoms with Crippen LogP contribution in [0.2, 0.25) is 0 Å². The monoisotopic (exact) mass is 462 g/mol. The molecule has 3 heterocycles. The molecule has 180 valence electrons. The molecule has 0 saturated carbocycles. The largest absolute Gasteiger partial charge is 0.347 e. The maximum atomic E-state index is 13.2. The summed E-state index contributed by atoms with van der Waals surface area (Å²) in [6, 6.07) is 16.0. The number of likely N-dealkylation sites (tertiary alicyclic amines) is 2. The number of piperidine rings is 2. The molecular formula is C28H34N2O4. The number of nitrogens with zero attached hydrogens (tertiary/aromatic N) is 2. The molecule has 0 bridgehead atoms. The highest BCUT2D eigenvalue weighted by Gasteiger charge is 2.41. The normalized spacial score (nSPS) is 22.2. The van der Waals surface area contributed by atoms with E-state index in [1.165, 1.54) is 5.56 Å². The van der Waals surface area contributed by atoms with Gasteiger partial charge in [-0.25, -0.2) is 0 Å². The Kier molecular flexibility index (Phi) is 6.70. The van der Waals surface area contributed by atoms with Crippen molar-refractivity contribution in [1.29, 1.82) is 0 Å². The first-order chi connectivity index (χ1) is 16.6. The summed E-state index contributed by atoms with van der Waals surface area (Å²) in [6.45, 7) is 6.15. The van der Waals surface area contributed by atoms with Gasteiger partial charge in [-0.3, -0.25) is 9.59 Å². The van der Waals surface area contributed by atoms with Crippen molar-refractivity contribution >= 4 is 11.8 Å². The van der Waals surface area contributed by atoms with E-state index in [1.807, 2.05) is 52.3 Å². The summed E-state index contributed by atoms with van der Waals surface area (Å²) in [5, 5.41) is 0. The summed E-state index contributed by atoms with van der Waals surface area (Å²) >= 11 is 0. The van der Waals surface area contributed by atoms with Crippen molar-refractivity contribution in [3.05, 3.63) is 70.8 Å². The molecule has 0 radical (unpaired) electrons. The smallest absolute Gasteiger partial charge is 0.253 e. The van der Waals surface area contributed by atoms with Crippen LogP contribution >= 0.6 is 0 Å². The lowest BCUT2D eigenvalue weighted by molar-refractivity contribution is -0.181. The Bertz CT molecular complexity index is 1020. The highest BCUT2D eigenvalue weighted by molar-refractivity contribution is 5.95. The van der Waals surface area contributed by atoms with E-state index in [0.717, 1.165) is 55.3 Å². The molecule has 3 saturated heterocycles. The van der Waals surface area contributed by atoms with E-state index in [1.54, 1.807) is 0 Å². The zero-order valence-corrected chi connectivity index (χ0v) is 20.0. The molecule has 3 aliphatic rings. The number of aryl methyl sites for hydroxylation is 1. The number of carbonyl (C=O) groups excluding carboxylic acids is 2. The molecule has 3 fully saturated rings. The molecule has 6 heteroatoms. The predicted octanol–water partition coefficient (Wildman–Crippen LogP) is 4.25. The van der Waals surface area contributed by atoms with Crippen molar-refractivity contribution in [2.45, 2.75) is 50.7 Å². The van der Waals surface area contributed by atoms with E-state index in [2.05, 4.69) is 13.0 Å². The number of benzene rings is 2. The summed E-state index contributed by atoms with van der Waals surface area (Å²) in [6.07, 6.45) is 4.40. The van der Waals surface area contributed by atoms with Crippen LogP contribution in [0.4, 0.5) is 0 Å². The van der Waals surface area contributed by atoms with Crippen molar-refractivity contribution in [1.82, 2.24) is 9.80 Å². The lowest BCUT2D eigenvalue weighted by Gasteiger charge is -2.37. The first kappa shape index (κ1) is 23.1. The molecule has 34 heavy (non-hydrogen) atoms. The van der Waals surface area contributed by atoms with Crippen LogP contribution in [0.5, 0.6) is 0 Å². The molecule has 2 amide bonds. The van der Waals surface area contributed by atoms with Crippen molar-refractivity contribution in [3.63, 3.8) is 0 Å². The summed E-state index contributed by atoms with van der Waals surface area (Å²) < 4.78 is 11.6. The molecule has 6 nitrogen and oxygen atoms in total. The summed E-state index contributed by atoms with van der Waals surface area (Å²) in [5.74, 6) is -0.0777. The Hall–Kier alpha value is -2.70. The fraction of sp³-hybridized carbons (Fsp3) is 0.500. The van der Waals surface area contributed by atoms with Crippen LogP contribution in [-0.4, -0.2) is 66.8 Å². The summed E-state index contributed by atoms with van der Waals surface area (Å²) in [5.41, 5.74) is 3.85. The minimum Gasteiger partial charge on any atom is -0.347 e. The number of hydrogen-bond acceptors (Lipinski definition) is 4. The van der Waals surface area contributed by atoms with E-state index >= 15 is 0 Å². The van der Waals surface area contributed by atoms with Crippen molar-refractivity contribution < 1.29 is 19.1 Å². The molecule has 0 aromatic heterocycles. The lowest BCUT2D eigenvalue weighted by atomic mass is 9.89. The first-order valence-electron chi connectivity index (χ1n) is 12.6. The Morgan fingerprint density at radius 2 is 1.62 bits per heavy atom. The van der Waals surface area contributed by atoms with Gasteiger partial charge in [0.2, 0.25) is 0 Å². The number of ether oxygens (including phenoxy) is 2. The van der Waals surface area contributed by atoms with E-state index in [0.29, 0.717) is 32.8 Å². The highest BCUT2D eigenvalue weighted by atomic mass is 16.7. The number of carbonyl (C=O) groups is 2. The minimum absolute atomic E-state index is 0.0643. The maximum Gasteiger partial charge on any atom is 0.253 e. The second-order valence-corrected chi connectivity index (χ2v) is 9.67. The number of rotatable bonds is 4. The quantitative estimate of drug-likeness (QED) is 0.682. The van der Waals surface area contributed by atoms with Gasteiger partial charge in [-0.05, 0) is 54.7 Å². The first-order valence-corrected chi connectivity index (χ1v) is 12.6. The van der Waals surface area contributed by atoms with Crippen LogP contribution in [0.15, 0.2) is 48.5 Å². The van der Waals surface area contributed by atoms with Crippen LogP contribution in [0.25, 0.3) is 0 Å². The molecule has 3 aliphatic heterocycles. The van der Waals surface area contributed by atoms with E-state index in [-0.39, 0.29) is 17.7 Å². The van der Waals surface area contributed by atoms with Crippen molar-refractivity contribution in [2.24, 2.45) is 0 Å². The topological polar surface area (TPSA) is 59.1 Å². The maximum absolute atomic E-state index is 13.2. The predicted molar refractivity (Wildman–Crippen MR) is 130 cm³/mol. The average molecular weight is 463 g/mol. The molecule has 2 aromatic carbocycles. The molecule has 1 unspecified atom stereocenters. The van der Waals surface area contributed by atoms with E-state index in [9.17, 15) is 9.59 Å². The van der Waals surface area contributed by atoms with Crippen LogP contribution < -0.4 is 0 Å². The van der Waals surface area contributed by atoms with Crippen molar-refractivity contribution in [3.8, 4) is 0 Å². The third-order valence-corrected chi connectivity index (χ3v) is 7.55. The Morgan fingerprint density at radius 3 is 2.32 bits per heavy atom. The fourth-order valence-electron chi connectivity index (χ4n) is 5.44. The van der Waals surface area contributed by atoms with Gasteiger partial charge >= 0.3 is 0 Å². The Balaban J connectivity index is 1.24. The fourth-order valence-corrected chi connectivity index (χ4v) is 5.44. The van der Waals surface area contributed by atoms with Crippen molar-refractivity contribution in [2.75, 3.05) is 39.4 Å². The zero-order valence-electron chi connectivity index (χ0n) is 20.0. The Morgan fingerprint density at radius 1 is 0.912 bits per heavy atom. The van der Waals surface area contributed by atoms with Gasteiger partial charge < -0.3 is 19.3 Å². The van der Waals surface area contributed by atoms with Crippen LogP contribution in [-0.2, 0) is 15.9 Å². The lowest BCUT2D eigenvalue weighted by Crippen LogP contribution is -2.47. The average Bonchev–Trinajstić information content (AvgIpc) is 3.36. The molecule has 1 spiro atoms. The van der Waals surface area contributed by atoms with Gasteiger partial charge in [0.25, 0.3) is 11.8 Å². The zero-order chi connectivity index (χ0) is 23.5. The molecule has 0 N–H and O–H groups in total. The van der Waals surface area contributed by atoms with Gasteiger partial charge in [0, 0.05) is 56.1 Å². The standard InChI is InChI=1S/C28H34N2O4/c1-2-21-8-10-22(11-9-21)26(31)30-14-4-7-25(20-30)23-5-3-6-24(19-23)27(32)29-15-12-28(13-16-29)33-17-18-34-28/h3,5-6,8-11,19,25H,2,4,7,12-18,20H2,1H3. The van der Waals surface area contributed by atoms with Gasteiger partial charge in [0.1, 0.15) is 0 Å². The molecule has 2 aromatic rings. The van der Waals surface area contributed by atoms with Crippen LogP contribution in [0.1, 0.15) is 70.4 Å². The van der Waals surface area contributed by atoms with Gasteiger partial charge in [0.15, 0.2) is 5.79 Å². The number of amides is 2. The third kappa shape index (κ3) is 4.75. The van der Waals surface area contributed by atoms with Gasteiger partial charge in [-0.2, -0.15) is 0 Å². The Labute approximate surface area is 201 Å². The molecule has 0 aliphatic carbocycles. The molecular weight excluding hydrogens is 428 g/mol. The highest BCUT2D eigenvalue weighted by Crippen LogP contribution is 2.32. The van der Waals surface area contributed by atoms with E-state index in [4.69, 9.17) is 9.47 Å². The number of hydrogen-bond donors (Lipinski definition) is 0. The second-order valence-electron chi connectivity index (χ2n) is 9.67. The van der Waals surface area contributed by atoms with E-state index < -0.39 is 5.79 Å². The summed E-state index contributed by atoms with van der Waals surface area (Å²) in [4.78, 5) is 30.2. The van der Waals surface area contributed by atoms with Gasteiger partial charge in [0.05, 0.1) is 13.2 Å². The van der Waals surface area contributed by atoms with Crippen LogP contribution in [0.3, 0.4) is 0 Å². The van der Waals surface area contributed by atoms with Gasteiger partial charge in [-0.1, -0.05) is 31.2 Å². The SMILES string of the molecule is CCc1ccc(C(=O)N2CCCC(c3cccc(C(=O)N4CCC5(CC4)OCCO5)c3)C2)cc1. The van der Waals surface area contributed by atoms with Crippen LogP contribution in [0, 0.1) is 0 Å². The summed E-state index contributed by atoms with van der Waals surface area (Å²) in [7, 11) is 0. The minimum atomic E-state index is -0.479.